The molecule has 0 unspecified atom stereocenters. The molecular weight excluding hydrogens is 346 g/mol. The minimum absolute atomic E-state index is 0.100. The molecule has 1 aromatic rings. The van der Waals surface area contributed by atoms with Gasteiger partial charge in [-0.1, -0.05) is 0 Å². The standard InChI is InChI=1S/C9H4ClIN2O3/c10-3-8(14)7-2-6(13(15)16)1-5(4-12)9(7)11/h1-2H,3H2. The molecule has 0 spiro atoms. The van der Waals surface area contributed by atoms with Gasteiger partial charge in [0.05, 0.1) is 16.4 Å². The van der Waals surface area contributed by atoms with Crippen LogP contribution >= 0.6 is 34.2 Å². The Balaban J connectivity index is 3.49. The van der Waals surface area contributed by atoms with Gasteiger partial charge < -0.3 is 0 Å². The van der Waals surface area contributed by atoms with Gasteiger partial charge in [0.25, 0.3) is 5.69 Å². The van der Waals surface area contributed by atoms with Crippen molar-refractivity contribution in [3.05, 3.63) is 36.9 Å². The average molecular weight is 350 g/mol. The Bertz CT molecular complexity index is 510. The highest BCUT2D eigenvalue weighted by Gasteiger charge is 2.18. The second-order valence-corrected chi connectivity index (χ2v) is 4.13. The van der Waals surface area contributed by atoms with Crippen LogP contribution in [0.15, 0.2) is 12.1 Å². The Kier molecular flexibility index (Phi) is 4.20. The number of nitrogens with zero attached hydrogens (tertiary/aromatic N) is 2. The van der Waals surface area contributed by atoms with Crippen molar-refractivity contribution in [1.82, 2.24) is 0 Å². The average Bonchev–Trinajstić information content (AvgIpc) is 2.28. The Morgan fingerprint density at radius 2 is 2.25 bits per heavy atom. The number of nitriles is 1. The van der Waals surface area contributed by atoms with E-state index in [0.717, 1.165) is 12.1 Å². The lowest BCUT2D eigenvalue weighted by Crippen LogP contribution is -2.06. The quantitative estimate of drug-likeness (QED) is 0.276. The summed E-state index contributed by atoms with van der Waals surface area (Å²) in [5, 5.41) is 19.4. The molecule has 0 aromatic heterocycles. The largest absolute Gasteiger partial charge is 0.293 e. The smallest absolute Gasteiger partial charge is 0.271 e. The first kappa shape index (κ1) is 12.9. The summed E-state index contributed by atoms with van der Waals surface area (Å²) >= 11 is 7.18. The van der Waals surface area contributed by atoms with E-state index in [2.05, 4.69) is 0 Å². The highest BCUT2D eigenvalue weighted by Crippen LogP contribution is 2.24. The summed E-state index contributed by atoms with van der Waals surface area (Å²) < 4.78 is 0.386. The Hall–Kier alpha value is -1.20. The molecule has 1 rings (SSSR count). The first-order valence-electron chi connectivity index (χ1n) is 3.98. The maximum Gasteiger partial charge on any atom is 0.271 e. The molecule has 0 saturated carbocycles. The number of hydrogen-bond donors (Lipinski definition) is 0. The van der Waals surface area contributed by atoms with Gasteiger partial charge in [-0.15, -0.1) is 11.6 Å². The molecule has 0 heterocycles. The maximum atomic E-state index is 11.4. The number of halogens is 2. The third-order valence-electron chi connectivity index (χ3n) is 1.81. The van der Waals surface area contributed by atoms with Gasteiger partial charge in [0.1, 0.15) is 6.07 Å². The molecule has 0 aliphatic rings. The van der Waals surface area contributed by atoms with Gasteiger partial charge in [0.2, 0.25) is 0 Å². The van der Waals surface area contributed by atoms with Gasteiger partial charge in [-0.3, -0.25) is 14.9 Å². The summed E-state index contributed by atoms with van der Waals surface area (Å²) in [5.74, 6) is -0.714. The molecule has 7 heteroatoms. The van der Waals surface area contributed by atoms with E-state index in [9.17, 15) is 14.9 Å². The summed E-state index contributed by atoms with van der Waals surface area (Å²) in [6.45, 7) is 0. The molecule has 0 saturated heterocycles. The maximum absolute atomic E-state index is 11.4. The summed E-state index contributed by atoms with van der Waals surface area (Å²) in [5.41, 5.74) is -0.0740. The predicted octanol–water partition coefficient (Wildman–Crippen LogP) is 2.49. The predicted molar refractivity (Wildman–Crippen MR) is 65.6 cm³/mol. The van der Waals surface area contributed by atoms with Crippen molar-refractivity contribution in [2.45, 2.75) is 0 Å². The van der Waals surface area contributed by atoms with Crippen molar-refractivity contribution in [2.75, 3.05) is 5.88 Å². The molecule has 16 heavy (non-hydrogen) atoms. The van der Waals surface area contributed by atoms with Crippen LogP contribution in [0.4, 0.5) is 5.69 Å². The molecule has 0 fully saturated rings. The monoisotopic (exact) mass is 350 g/mol. The zero-order valence-corrected chi connectivity index (χ0v) is 10.7. The number of carbonyl (C=O) groups is 1. The van der Waals surface area contributed by atoms with E-state index in [4.69, 9.17) is 16.9 Å². The van der Waals surface area contributed by atoms with Crippen LogP contribution in [0, 0.1) is 25.0 Å². The molecule has 82 valence electrons. The number of nitro benzene ring substituents is 1. The minimum atomic E-state index is -0.651. The first-order chi connectivity index (χ1) is 7.51. The van der Waals surface area contributed by atoms with Crippen molar-refractivity contribution in [2.24, 2.45) is 0 Å². The van der Waals surface area contributed by atoms with Gasteiger partial charge in [-0.25, -0.2) is 0 Å². The molecule has 0 aliphatic heterocycles. The van der Waals surface area contributed by atoms with Crippen LogP contribution in [0.3, 0.4) is 0 Å². The highest BCUT2D eigenvalue weighted by molar-refractivity contribution is 14.1. The highest BCUT2D eigenvalue weighted by atomic mass is 127. The van der Waals surface area contributed by atoms with Crippen molar-refractivity contribution in [3.8, 4) is 6.07 Å². The van der Waals surface area contributed by atoms with Gasteiger partial charge in [0, 0.05) is 21.3 Å². The lowest BCUT2D eigenvalue weighted by Gasteiger charge is -2.03. The second-order valence-electron chi connectivity index (χ2n) is 2.78. The van der Waals surface area contributed by atoms with Crippen molar-refractivity contribution >= 4 is 45.7 Å². The number of alkyl halides is 1. The van der Waals surface area contributed by atoms with E-state index >= 15 is 0 Å². The molecule has 0 radical (unpaired) electrons. The second kappa shape index (κ2) is 5.23. The molecule has 0 atom stereocenters. The zero-order valence-electron chi connectivity index (χ0n) is 7.74. The Morgan fingerprint density at radius 3 is 2.69 bits per heavy atom. The lowest BCUT2D eigenvalue weighted by atomic mass is 10.1. The Morgan fingerprint density at radius 1 is 1.62 bits per heavy atom. The van der Waals surface area contributed by atoms with E-state index in [1.807, 2.05) is 0 Å². The fourth-order valence-corrected chi connectivity index (χ4v) is 1.95. The van der Waals surface area contributed by atoms with E-state index in [0.29, 0.717) is 3.57 Å². The van der Waals surface area contributed by atoms with Gasteiger partial charge in [-0.2, -0.15) is 5.26 Å². The lowest BCUT2D eigenvalue weighted by molar-refractivity contribution is -0.384. The zero-order chi connectivity index (χ0) is 12.3. The molecule has 0 bridgehead atoms. The van der Waals surface area contributed by atoms with Gasteiger partial charge in [-0.05, 0) is 22.6 Å². The fraction of sp³-hybridized carbons (Fsp3) is 0.111. The number of ketones is 1. The number of hydrogen-bond acceptors (Lipinski definition) is 4. The normalized spacial score (nSPS) is 9.56. The number of carbonyl (C=O) groups excluding carboxylic acids is 1. The summed E-state index contributed by atoms with van der Waals surface area (Å²) in [6, 6.07) is 4.07. The summed E-state index contributed by atoms with van der Waals surface area (Å²) in [7, 11) is 0. The summed E-state index contributed by atoms with van der Waals surface area (Å²) in [6.07, 6.45) is 0. The van der Waals surface area contributed by atoms with E-state index in [1.54, 1.807) is 28.7 Å². The Labute approximate surface area is 109 Å². The molecule has 5 nitrogen and oxygen atoms in total. The number of non-ortho nitro benzene ring substituents is 1. The van der Waals surface area contributed by atoms with E-state index < -0.39 is 10.7 Å². The van der Waals surface area contributed by atoms with Gasteiger partial charge >= 0.3 is 0 Å². The fourth-order valence-electron chi connectivity index (χ4n) is 1.07. The van der Waals surface area contributed by atoms with Crippen LogP contribution in [0.2, 0.25) is 0 Å². The van der Waals surface area contributed by atoms with Crippen LogP contribution in [-0.2, 0) is 0 Å². The third kappa shape index (κ3) is 2.48. The van der Waals surface area contributed by atoms with Crippen LogP contribution in [-0.4, -0.2) is 16.6 Å². The molecule has 0 amide bonds. The SMILES string of the molecule is N#Cc1cc([N+](=O)[O-])cc(C(=O)CCl)c1I. The first-order valence-corrected chi connectivity index (χ1v) is 5.59. The van der Waals surface area contributed by atoms with Crippen LogP contribution < -0.4 is 0 Å². The number of rotatable bonds is 3. The summed E-state index contributed by atoms with van der Waals surface area (Å²) in [4.78, 5) is 21.4. The van der Waals surface area contributed by atoms with Crippen molar-refractivity contribution < 1.29 is 9.72 Å². The van der Waals surface area contributed by atoms with Crippen molar-refractivity contribution in [1.29, 1.82) is 5.26 Å². The van der Waals surface area contributed by atoms with Crippen molar-refractivity contribution in [3.63, 3.8) is 0 Å². The number of benzene rings is 1. The van der Waals surface area contributed by atoms with Crippen LogP contribution in [0.1, 0.15) is 15.9 Å². The topological polar surface area (TPSA) is 84.0 Å². The third-order valence-corrected chi connectivity index (χ3v) is 3.22. The molecule has 0 aliphatic carbocycles. The number of nitro groups is 1. The van der Waals surface area contributed by atoms with Crippen LogP contribution in [0.5, 0.6) is 0 Å². The minimum Gasteiger partial charge on any atom is -0.293 e. The molecule has 0 N–H and O–H groups in total. The van der Waals surface area contributed by atoms with E-state index in [-0.39, 0.29) is 22.7 Å². The number of Topliss-reactive ketones (excluding diaryl/α,β-unsaturated/α-hetero) is 1. The van der Waals surface area contributed by atoms with Gasteiger partial charge in [0.15, 0.2) is 5.78 Å². The van der Waals surface area contributed by atoms with Crippen LogP contribution in [0.25, 0.3) is 0 Å². The van der Waals surface area contributed by atoms with E-state index in [1.165, 1.54) is 0 Å². The molecule has 1 aromatic carbocycles. The molecular formula is C9H4ClIN2O3.